The average Bonchev–Trinajstić information content (AvgIpc) is 1.64. The van der Waals surface area contributed by atoms with Gasteiger partial charge < -0.3 is 7.16 Å². The zero-order chi connectivity index (χ0) is 7.33. The van der Waals surface area contributed by atoms with Crippen LogP contribution < -0.4 is 35.3 Å². The summed E-state index contributed by atoms with van der Waals surface area (Å²) in [5.74, 6) is -0.0964. The van der Waals surface area contributed by atoms with Crippen LogP contribution in [0.25, 0.3) is 0 Å². The van der Waals surface area contributed by atoms with Gasteiger partial charge in [-0.05, 0) is 6.92 Å². The van der Waals surface area contributed by atoms with Gasteiger partial charge in [-0.3, -0.25) is 4.18 Å². The largest absolute Gasteiger partial charge is 1.00 e. The number of rotatable bonds is 4. The molecule has 0 aromatic rings. The Kier molecular flexibility index (Phi) is 8.85. The van der Waals surface area contributed by atoms with E-state index in [4.69, 9.17) is 5.73 Å². The SMILES string of the molecule is CCOS(=O)(=O)CCN.[H-].[Na+]. The van der Waals surface area contributed by atoms with Crippen molar-refractivity contribution < 1.29 is 43.6 Å². The number of nitrogens with two attached hydrogens (primary N) is 1. The summed E-state index contributed by atoms with van der Waals surface area (Å²) in [6, 6.07) is 0. The molecule has 0 aromatic heterocycles. The van der Waals surface area contributed by atoms with Gasteiger partial charge in [0.25, 0.3) is 10.1 Å². The molecule has 0 unspecified atom stereocenters. The van der Waals surface area contributed by atoms with E-state index in [9.17, 15) is 8.42 Å². The molecule has 10 heavy (non-hydrogen) atoms. The number of hydrogen-bond acceptors (Lipinski definition) is 4. The van der Waals surface area contributed by atoms with E-state index in [1.54, 1.807) is 6.92 Å². The molecule has 0 saturated heterocycles. The quantitative estimate of drug-likeness (QED) is 0.356. The van der Waals surface area contributed by atoms with Gasteiger partial charge in [-0.25, -0.2) is 0 Å². The van der Waals surface area contributed by atoms with Crippen molar-refractivity contribution in [2.24, 2.45) is 5.73 Å². The number of hydrogen-bond donors (Lipinski definition) is 1. The molecular formula is C4H12NNaO3S. The van der Waals surface area contributed by atoms with E-state index < -0.39 is 10.1 Å². The Morgan fingerprint density at radius 3 is 2.40 bits per heavy atom. The molecule has 0 aromatic carbocycles. The molecule has 0 spiro atoms. The van der Waals surface area contributed by atoms with E-state index in [2.05, 4.69) is 4.18 Å². The Morgan fingerprint density at radius 2 is 2.10 bits per heavy atom. The summed E-state index contributed by atoms with van der Waals surface area (Å²) in [5.41, 5.74) is 4.99. The molecule has 0 heterocycles. The minimum atomic E-state index is -3.31. The first kappa shape index (κ1) is 13.5. The van der Waals surface area contributed by atoms with E-state index >= 15 is 0 Å². The summed E-state index contributed by atoms with van der Waals surface area (Å²) >= 11 is 0. The van der Waals surface area contributed by atoms with Crippen LogP contribution in [0.3, 0.4) is 0 Å². The van der Waals surface area contributed by atoms with Crippen LogP contribution in [0.4, 0.5) is 0 Å². The molecule has 0 saturated carbocycles. The van der Waals surface area contributed by atoms with E-state index in [-0.39, 0.29) is 49.9 Å². The van der Waals surface area contributed by atoms with E-state index in [1.807, 2.05) is 0 Å². The van der Waals surface area contributed by atoms with Gasteiger partial charge in [0, 0.05) is 6.54 Å². The van der Waals surface area contributed by atoms with Crippen molar-refractivity contribution in [3.05, 3.63) is 0 Å². The minimum Gasteiger partial charge on any atom is -1.00 e. The molecule has 0 bridgehead atoms. The van der Waals surface area contributed by atoms with Crippen LogP contribution in [0, 0.1) is 0 Å². The fraction of sp³-hybridized carbons (Fsp3) is 1.00. The van der Waals surface area contributed by atoms with Crippen LogP contribution in [-0.4, -0.2) is 27.3 Å². The Morgan fingerprint density at radius 1 is 1.60 bits per heavy atom. The standard InChI is InChI=1S/C4H11NO3S.Na.H/c1-2-8-9(6,7)4-3-5;;/h2-5H2,1H3;;/q;+1;-1. The normalized spacial score (nSPS) is 10.6. The Hall–Kier alpha value is 0.870. The van der Waals surface area contributed by atoms with E-state index in [0.717, 1.165) is 0 Å². The molecule has 0 amide bonds. The smallest absolute Gasteiger partial charge is 1.00 e. The molecule has 2 N–H and O–H groups in total. The van der Waals surface area contributed by atoms with E-state index in [1.165, 1.54) is 0 Å². The Bertz CT molecular complexity index is 149. The third-order valence-electron chi connectivity index (χ3n) is 0.665. The fourth-order valence-corrected chi connectivity index (χ4v) is 1.15. The van der Waals surface area contributed by atoms with Gasteiger partial charge in [0.2, 0.25) is 0 Å². The maximum atomic E-state index is 10.5. The molecule has 0 fully saturated rings. The maximum Gasteiger partial charge on any atom is 1.00 e. The average molecular weight is 177 g/mol. The van der Waals surface area contributed by atoms with Crippen LogP contribution in [0.1, 0.15) is 8.35 Å². The van der Waals surface area contributed by atoms with Crippen molar-refractivity contribution in [3.63, 3.8) is 0 Å². The van der Waals surface area contributed by atoms with Gasteiger partial charge in [-0.15, -0.1) is 0 Å². The molecule has 0 rings (SSSR count). The van der Waals surface area contributed by atoms with Crippen molar-refractivity contribution in [1.82, 2.24) is 0 Å². The molecule has 58 valence electrons. The van der Waals surface area contributed by atoms with Gasteiger partial charge in [0.15, 0.2) is 0 Å². The predicted octanol–water partition coefficient (Wildman–Crippen LogP) is -3.57. The maximum absolute atomic E-state index is 10.5. The van der Waals surface area contributed by atoms with Crippen LogP contribution in [0.15, 0.2) is 0 Å². The molecule has 6 heteroatoms. The van der Waals surface area contributed by atoms with Crippen LogP contribution in [0.2, 0.25) is 0 Å². The second-order valence-electron chi connectivity index (χ2n) is 1.46. The summed E-state index contributed by atoms with van der Waals surface area (Å²) in [4.78, 5) is 0. The van der Waals surface area contributed by atoms with Gasteiger partial charge in [0.1, 0.15) is 0 Å². The molecule has 0 radical (unpaired) electrons. The van der Waals surface area contributed by atoms with Crippen molar-refractivity contribution in [1.29, 1.82) is 0 Å². The van der Waals surface area contributed by atoms with E-state index in [0.29, 0.717) is 0 Å². The zero-order valence-corrected chi connectivity index (χ0v) is 9.15. The van der Waals surface area contributed by atoms with Crippen LogP contribution in [-0.2, 0) is 14.3 Å². The molecule has 4 nitrogen and oxygen atoms in total. The second kappa shape index (κ2) is 6.57. The molecular weight excluding hydrogens is 165 g/mol. The molecule has 0 aliphatic heterocycles. The van der Waals surface area contributed by atoms with Crippen LogP contribution >= 0.6 is 0 Å². The summed E-state index contributed by atoms with van der Waals surface area (Å²) in [7, 11) is -3.31. The summed E-state index contributed by atoms with van der Waals surface area (Å²) < 4.78 is 25.4. The van der Waals surface area contributed by atoms with Gasteiger partial charge in [-0.2, -0.15) is 8.42 Å². The van der Waals surface area contributed by atoms with Crippen molar-refractivity contribution in [3.8, 4) is 0 Å². The monoisotopic (exact) mass is 177 g/mol. The first-order valence-electron chi connectivity index (χ1n) is 2.69. The zero-order valence-electron chi connectivity index (χ0n) is 7.33. The summed E-state index contributed by atoms with van der Waals surface area (Å²) in [6.07, 6.45) is 0. The summed E-state index contributed by atoms with van der Waals surface area (Å²) in [6.45, 7) is 1.92. The third-order valence-corrected chi connectivity index (χ3v) is 2.00. The topological polar surface area (TPSA) is 69.4 Å². The van der Waals surface area contributed by atoms with Gasteiger partial charge in [0.05, 0.1) is 12.4 Å². The van der Waals surface area contributed by atoms with Crippen molar-refractivity contribution in [2.75, 3.05) is 18.9 Å². The minimum absolute atomic E-state index is 0. The van der Waals surface area contributed by atoms with Crippen molar-refractivity contribution >= 4 is 10.1 Å². The first-order chi connectivity index (χ1) is 4.12. The van der Waals surface area contributed by atoms with Crippen molar-refractivity contribution in [2.45, 2.75) is 6.92 Å². The van der Waals surface area contributed by atoms with Crippen LogP contribution in [0.5, 0.6) is 0 Å². The Balaban J connectivity index is -0.000000320. The Labute approximate surface area is 85.0 Å². The molecule has 0 atom stereocenters. The second-order valence-corrected chi connectivity index (χ2v) is 3.22. The third kappa shape index (κ3) is 6.98. The molecule has 0 aliphatic carbocycles. The summed E-state index contributed by atoms with van der Waals surface area (Å²) in [5, 5.41) is 0. The predicted molar refractivity (Wildman–Crippen MR) is 35.6 cm³/mol. The first-order valence-corrected chi connectivity index (χ1v) is 4.27. The van der Waals surface area contributed by atoms with Gasteiger partial charge >= 0.3 is 29.6 Å². The van der Waals surface area contributed by atoms with Gasteiger partial charge in [-0.1, -0.05) is 0 Å². The molecule has 0 aliphatic rings. The fourth-order valence-electron chi connectivity index (χ4n) is 0.383.